The summed E-state index contributed by atoms with van der Waals surface area (Å²) in [6, 6.07) is 11.6. The fourth-order valence-electron chi connectivity index (χ4n) is 3.63. The van der Waals surface area contributed by atoms with Crippen LogP contribution in [-0.4, -0.2) is 37.8 Å². The van der Waals surface area contributed by atoms with Crippen molar-refractivity contribution in [2.45, 2.75) is 32.6 Å². The van der Waals surface area contributed by atoms with Gasteiger partial charge in [0, 0.05) is 30.4 Å². The van der Waals surface area contributed by atoms with Crippen LogP contribution in [0.3, 0.4) is 0 Å². The molecule has 7 nitrogen and oxygen atoms in total. The Bertz CT molecular complexity index is 941. The average molecular weight is 350 g/mol. The number of nitrogens with one attached hydrogen (secondary N) is 1. The van der Waals surface area contributed by atoms with Gasteiger partial charge in [-0.15, -0.1) is 0 Å². The first-order chi connectivity index (χ1) is 12.6. The van der Waals surface area contributed by atoms with Crippen LogP contribution >= 0.6 is 0 Å². The minimum Gasteiger partial charge on any atom is -0.340 e. The summed E-state index contributed by atoms with van der Waals surface area (Å²) in [7, 11) is 0. The van der Waals surface area contributed by atoms with Crippen LogP contribution in [0.4, 0.5) is 5.95 Å². The monoisotopic (exact) mass is 350 g/mol. The molecule has 7 heteroatoms. The quantitative estimate of drug-likeness (QED) is 0.784. The van der Waals surface area contributed by atoms with Crippen LogP contribution < -0.4 is 10.6 Å². The van der Waals surface area contributed by atoms with Crippen molar-refractivity contribution in [3.8, 4) is 5.69 Å². The molecule has 26 heavy (non-hydrogen) atoms. The third kappa shape index (κ3) is 3.12. The van der Waals surface area contributed by atoms with Gasteiger partial charge in [0.25, 0.3) is 0 Å². The van der Waals surface area contributed by atoms with E-state index in [4.69, 9.17) is 0 Å². The fourth-order valence-corrected chi connectivity index (χ4v) is 3.63. The summed E-state index contributed by atoms with van der Waals surface area (Å²) >= 11 is 0. The average Bonchev–Trinajstić information content (AvgIpc) is 3.03. The molecule has 2 aromatic heterocycles. The number of rotatable bonds is 3. The zero-order valence-electron chi connectivity index (χ0n) is 15.0. The Morgan fingerprint density at radius 1 is 1.12 bits per heavy atom. The molecule has 3 heterocycles. The number of aromatic amines is 1. The number of H-pyrrole nitrogens is 1. The molecule has 3 aromatic rings. The van der Waals surface area contributed by atoms with Gasteiger partial charge in [0.15, 0.2) is 0 Å². The van der Waals surface area contributed by atoms with Gasteiger partial charge >= 0.3 is 5.69 Å². The highest BCUT2D eigenvalue weighted by atomic mass is 16.1. The Kier molecular flexibility index (Phi) is 4.28. The van der Waals surface area contributed by atoms with Crippen LogP contribution in [0.15, 0.2) is 41.2 Å². The minimum atomic E-state index is -0.203. The molecule has 1 aromatic carbocycles. The Balaban J connectivity index is 1.66. The molecule has 0 spiro atoms. The van der Waals surface area contributed by atoms with Gasteiger partial charge in [-0.2, -0.15) is 5.10 Å². The topological polar surface area (TPSA) is 79.7 Å². The van der Waals surface area contributed by atoms with Crippen molar-refractivity contribution in [3.63, 3.8) is 0 Å². The molecular weight excluding hydrogens is 328 g/mol. The van der Waals surface area contributed by atoms with Crippen LogP contribution in [0.5, 0.6) is 0 Å². The number of para-hydroxylation sites is 1. The molecule has 1 unspecified atom stereocenters. The number of piperidine rings is 1. The fraction of sp³-hybridized carbons (Fsp3) is 0.368. The molecular formula is C19H22N6O. The molecule has 0 saturated carbocycles. The van der Waals surface area contributed by atoms with Gasteiger partial charge in [-0.25, -0.2) is 24.4 Å². The van der Waals surface area contributed by atoms with Crippen molar-refractivity contribution < 1.29 is 0 Å². The van der Waals surface area contributed by atoms with Crippen LogP contribution in [0, 0.1) is 13.8 Å². The molecule has 1 atom stereocenters. The molecule has 4 rings (SSSR count). The Labute approximate surface area is 151 Å². The van der Waals surface area contributed by atoms with Crippen molar-refractivity contribution in [3.05, 3.63) is 64.1 Å². The predicted octanol–water partition coefficient (Wildman–Crippen LogP) is 2.35. The lowest BCUT2D eigenvalue weighted by Gasteiger charge is -2.32. The Morgan fingerprint density at radius 2 is 1.85 bits per heavy atom. The van der Waals surface area contributed by atoms with Crippen molar-refractivity contribution in [2.75, 3.05) is 18.0 Å². The van der Waals surface area contributed by atoms with Crippen molar-refractivity contribution in [1.82, 2.24) is 24.7 Å². The molecule has 0 radical (unpaired) electrons. The second kappa shape index (κ2) is 6.74. The van der Waals surface area contributed by atoms with Crippen LogP contribution in [-0.2, 0) is 0 Å². The van der Waals surface area contributed by atoms with E-state index in [1.54, 1.807) is 4.57 Å². The molecule has 0 aliphatic carbocycles. The van der Waals surface area contributed by atoms with E-state index in [1.165, 1.54) is 0 Å². The summed E-state index contributed by atoms with van der Waals surface area (Å²) < 4.78 is 1.68. The number of nitrogens with zero attached hydrogens (tertiary/aromatic N) is 5. The lowest BCUT2D eigenvalue weighted by molar-refractivity contribution is 0.479. The standard InChI is InChI=1S/C19H22N6O/c1-13-11-14(2)21-18(20-13)24-10-6-7-15(12-24)17-22-23-19(26)25(17)16-8-4-3-5-9-16/h3-5,8-9,11,15H,6-7,10,12H2,1-2H3,(H,23,26). The largest absolute Gasteiger partial charge is 0.347 e. The van der Waals surface area contributed by atoms with E-state index in [0.29, 0.717) is 0 Å². The SMILES string of the molecule is Cc1cc(C)nc(N2CCCC(c3n[nH]c(=O)n3-c3ccccc3)C2)n1. The van der Waals surface area contributed by atoms with E-state index in [0.717, 1.165) is 54.8 Å². The van der Waals surface area contributed by atoms with Gasteiger partial charge in [0.2, 0.25) is 5.95 Å². The zero-order valence-corrected chi connectivity index (χ0v) is 15.0. The maximum absolute atomic E-state index is 12.3. The third-order valence-electron chi connectivity index (χ3n) is 4.75. The third-order valence-corrected chi connectivity index (χ3v) is 4.75. The number of aromatic nitrogens is 5. The second-order valence-electron chi connectivity index (χ2n) is 6.79. The van der Waals surface area contributed by atoms with Gasteiger partial charge in [0.05, 0.1) is 5.69 Å². The van der Waals surface area contributed by atoms with Crippen LogP contribution in [0.2, 0.25) is 0 Å². The summed E-state index contributed by atoms with van der Waals surface area (Å²) in [5.41, 5.74) is 2.57. The summed E-state index contributed by atoms with van der Waals surface area (Å²) in [6.07, 6.45) is 2.00. The second-order valence-corrected chi connectivity index (χ2v) is 6.79. The van der Waals surface area contributed by atoms with E-state index in [2.05, 4.69) is 25.1 Å². The van der Waals surface area contributed by atoms with E-state index in [9.17, 15) is 4.79 Å². The van der Waals surface area contributed by atoms with Gasteiger partial charge in [0.1, 0.15) is 5.82 Å². The first kappa shape index (κ1) is 16.5. The maximum Gasteiger partial charge on any atom is 0.347 e. The highest BCUT2D eigenvalue weighted by Gasteiger charge is 2.28. The molecule has 1 aliphatic heterocycles. The zero-order chi connectivity index (χ0) is 18.1. The highest BCUT2D eigenvalue weighted by molar-refractivity contribution is 5.36. The van der Waals surface area contributed by atoms with Crippen molar-refractivity contribution in [1.29, 1.82) is 0 Å². The van der Waals surface area contributed by atoms with Crippen LogP contribution in [0.1, 0.15) is 36.0 Å². The molecule has 134 valence electrons. The predicted molar refractivity (Wildman–Crippen MR) is 99.9 cm³/mol. The number of anilines is 1. The normalized spacial score (nSPS) is 17.5. The smallest absolute Gasteiger partial charge is 0.340 e. The van der Waals surface area contributed by atoms with E-state index in [1.807, 2.05) is 50.2 Å². The lowest BCUT2D eigenvalue weighted by atomic mass is 9.97. The van der Waals surface area contributed by atoms with Crippen molar-refractivity contribution >= 4 is 5.95 Å². The Hall–Kier alpha value is -2.96. The summed E-state index contributed by atoms with van der Waals surface area (Å²) in [4.78, 5) is 23.7. The molecule has 0 amide bonds. The summed E-state index contributed by atoms with van der Waals surface area (Å²) in [5.74, 6) is 1.68. The van der Waals surface area contributed by atoms with E-state index >= 15 is 0 Å². The molecule has 1 fully saturated rings. The first-order valence-electron chi connectivity index (χ1n) is 8.92. The van der Waals surface area contributed by atoms with Crippen LogP contribution in [0.25, 0.3) is 5.69 Å². The highest BCUT2D eigenvalue weighted by Crippen LogP contribution is 2.28. The molecule has 1 aliphatic rings. The number of benzene rings is 1. The molecule has 1 N–H and O–H groups in total. The minimum absolute atomic E-state index is 0.146. The van der Waals surface area contributed by atoms with Gasteiger partial charge in [-0.3, -0.25) is 0 Å². The lowest BCUT2D eigenvalue weighted by Crippen LogP contribution is -2.37. The van der Waals surface area contributed by atoms with E-state index < -0.39 is 0 Å². The van der Waals surface area contributed by atoms with E-state index in [-0.39, 0.29) is 11.6 Å². The van der Waals surface area contributed by atoms with Gasteiger partial charge in [-0.05, 0) is 44.9 Å². The molecule has 0 bridgehead atoms. The summed E-state index contributed by atoms with van der Waals surface area (Å²) in [5, 5.41) is 6.95. The van der Waals surface area contributed by atoms with Crippen molar-refractivity contribution in [2.24, 2.45) is 0 Å². The molecule has 1 saturated heterocycles. The summed E-state index contributed by atoms with van der Waals surface area (Å²) in [6.45, 7) is 5.64. The number of hydrogen-bond donors (Lipinski definition) is 1. The van der Waals surface area contributed by atoms with Gasteiger partial charge in [-0.1, -0.05) is 18.2 Å². The maximum atomic E-state index is 12.3. The Morgan fingerprint density at radius 3 is 2.58 bits per heavy atom. The number of hydrogen-bond acceptors (Lipinski definition) is 5. The number of aryl methyl sites for hydroxylation is 2. The first-order valence-corrected chi connectivity index (χ1v) is 8.92. The van der Waals surface area contributed by atoms with Gasteiger partial charge < -0.3 is 4.90 Å².